The second-order valence-corrected chi connectivity index (χ2v) is 3.51. The van der Waals surface area contributed by atoms with E-state index in [0.29, 0.717) is 6.42 Å². The number of carbonyl (C=O) groups is 1. The van der Waals surface area contributed by atoms with Crippen LogP contribution in [-0.4, -0.2) is 33.1 Å². The van der Waals surface area contributed by atoms with E-state index in [-0.39, 0.29) is 11.6 Å². The molecule has 0 saturated heterocycles. The highest BCUT2D eigenvalue weighted by atomic mass is 16.1. The molecule has 0 bridgehead atoms. The van der Waals surface area contributed by atoms with E-state index in [1.165, 1.54) is 0 Å². The van der Waals surface area contributed by atoms with E-state index in [9.17, 15) is 4.79 Å². The Bertz CT molecular complexity index is 234. The maximum absolute atomic E-state index is 10.6. The lowest BCUT2D eigenvalue weighted by Gasteiger charge is -2.37. The van der Waals surface area contributed by atoms with Gasteiger partial charge in [-0.25, -0.2) is 0 Å². The molecule has 0 spiro atoms. The van der Waals surface area contributed by atoms with Crippen molar-refractivity contribution in [1.82, 2.24) is 16.0 Å². The first kappa shape index (κ1) is 11.2. The van der Waals surface area contributed by atoms with Crippen LogP contribution in [0.5, 0.6) is 0 Å². The van der Waals surface area contributed by atoms with Crippen molar-refractivity contribution < 1.29 is 4.79 Å². The number of nitrogens with one attached hydrogen (secondary N) is 3. The van der Waals surface area contributed by atoms with E-state index in [2.05, 4.69) is 22.0 Å². The molecule has 1 aliphatic carbocycles. The molecule has 1 unspecified atom stereocenters. The molecule has 0 fully saturated rings. The molecule has 4 heteroatoms. The molecule has 14 heavy (non-hydrogen) atoms. The van der Waals surface area contributed by atoms with Gasteiger partial charge in [0.15, 0.2) is 0 Å². The zero-order chi connectivity index (χ0) is 10.6. The van der Waals surface area contributed by atoms with Gasteiger partial charge in [0.1, 0.15) is 11.9 Å². The normalized spacial score (nSPS) is 24.5. The predicted molar refractivity (Wildman–Crippen MR) is 56.8 cm³/mol. The number of rotatable bonds is 5. The molecule has 0 radical (unpaired) electrons. The largest absolute Gasteiger partial charge is 0.389 e. The quantitative estimate of drug-likeness (QED) is 0.423. The van der Waals surface area contributed by atoms with E-state index >= 15 is 0 Å². The van der Waals surface area contributed by atoms with Crippen molar-refractivity contribution >= 4 is 6.29 Å². The zero-order valence-electron chi connectivity index (χ0n) is 9.05. The number of hydrogen-bond donors (Lipinski definition) is 3. The van der Waals surface area contributed by atoms with Crippen LogP contribution in [-0.2, 0) is 4.79 Å². The van der Waals surface area contributed by atoms with E-state index in [4.69, 9.17) is 0 Å². The number of carbonyl (C=O) groups excluding carboxylic acids is 1. The van der Waals surface area contributed by atoms with Crippen LogP contribution >= 0.6 is 0 Å². The Hall–Kier alpha value is -0.870. The predicted octanol–water partition coefficient (Wildman–Crippen LogP) is -0.166. The van der Waals surface area contributed by atoms with E-state index in [1.54, 1.807) is 0 Å². The fraction of sp³-hybridized carbons (Fsp3) is 0.700. The monoisotopic (exact) mass is 197 g/mol. The van der Waals surface area contributed by atoms with Crippen LogP contribution in [0.1, 0.15) is 12.8 Å². The molecule has 80 valence electrons. The summed E-state index contributed by atoms with van der Waals surface area (Å²) in [4.78, 5) is 10.6. The van der Waals surface area contributed by atoms with Crippen molar-refractivity contribution in [3.63, 3.8) is 0 Å². The van der Waals surface area contributed by atoms with Crippen molar-refractivity contribution in [3.05, 3.63) is 11.8 Å². The van der Waals surface area contributed by atoms with Gasteiger partial charge < -0.3 is 10.1 Å². The Labute approximate surface area is 85.1 Å². The first-order chi connectivity index (χ1) is 6.75. The molecule has 0 saturated carbocycles. The Balaban J connectivity index is 2.89. The van der Waals surface area contributed by atoms with E-state index in [0.717, 1.165) is 18.4 Å². The van der Waals surface area contributed by atoms with Crippen LogP contribution in [0.4, 0.5) is 0 Å². The number of aldehydes is 1. The lowest BCUT2D eigenvalue weighted by atomic mass is 9.91. The van der Waals surface area contributed by atoms with Gasteiger partial charge in [-0.05, 0) is 20.5 Å². The van der Waals surface area contributed by atoms with Crippen molar-refractivity contribution in [1.29, 1.82) is 0 Å². The van der Waals surface area contributed by atoms with Crippen LogP contribution in [0.25, 0.3) is 0 Å². The van der Waals surface area contributed by atoms with Gasteiger partial charge in [-0.1, -0.05) is 6.08 Å². The Kier molecular flexibility index (Phi) is 3.66. The highest BCUT2D eigenvalue weighted by Crippen LogP contribution is 2.33. The third kappa shape index (κ3) is 1.55. The van der Waals surface area contributed by atoms with Gasteiger partial charge in [0.05, 0.1) is 0 Å². The molecule has 4 nitrogen and oxygen atoms in total. The summed E-state index contributed by atoms with van der Waals surface area (Å²) in [5.74, 6) is 0.289. The lowest BCUT2D eigenvalue weighted by molar-refractivity contribution is -0.109. The van der Waals surface area contributed by atoms with Crippen LogP contribution in [0.3, 0.4) is 0 Å². The topological polar surface area (TPSA) is 53.2 Å². The Morgan fingerprint density at radius 1 is 1.50 bits per heavy atom. The number of allylic oxidation sites excluding steroid dienone is 1. The minimum absolute atomic E-state index is 0.268. The van der Waals surface area contributed by atoms with Crippen molar-refractivity contribution in [3.8, 4) is 0 Å². The van der Waals surface area contributed by atoms with Crippen LogP contribution in [0, 0.1) is 5.92 Å². The highest BCUT2D eigenvalue weighted by Gasteiger charge is 2.42. The SMILES string of the molecule is CNC1=CCC(CC=O)C1(NC)NC. The summed E-state index contributed by atoms with van der Waals surface area (Å²) in [5.41, 5.74) is 0.852. The summed E-state index contributed by atoms with van der Waals surface area (Å²) in [6, 6.07) is 0. The van der Waals surface area contributed by atoms with Crippen LogP contribution < -0.4 is 16.0 Å². The van der Waals surface area contributed by atoms with Crippen LogP contribution in [0.2, 0.25) is 0 Å². The van der Waals surface area contributed by atoms with Gasteiger partial charge in [-0.3, -0.25) is 10.6 Å². The van der Waals surface area contributed by atoms with Crippen LogP contribution in [0.15, 0.2) is 11.8 Å². The second-order valence-electron chi connectivity index (χ2n) is 3.51. The van der Waals surface area contributed by atoms with Crippen molar-refractivity contribution in [2.45, 2.75) is 18.5 Å². The molecule has 0 aromatic carbocycles. The van der Waals surface area contributed by atoms with Gasteiger partial charge >= 0.3 is 0 Å². The van der Waals surface area contributed by atoms with Gasteiger partial charge in [-0.2, -0.15) is 0 Å². The minimum atomic E-state index is -0.268. The standard InChI is InChI=1S/C10H19N3O/c1-11-9-5-4-8(6-7-14)10(9,12-2)13-3/h5,7-8,11-13H,4,6H2,1-3H3. The molecule has 1 atom stereocenters. The molecule has 0 aliphatic heterocycles. The molecule has 0 amide bonds. The molecule has 0 heterocycles. The average Bonchev–Trinajstić information content (AvgIpc) is 2.57. The third-order valence-corrected chi connectivity index (χ3v) is 3.08. The van der Waals surface area contributed by atoms with E-state index in [1.807, 2.05) is 21.1 Å². The fourth-order valence-corrected chi connectivity index (χ4v) is 2.31. The molecule has 1 aliphatic rings. The minimum Gasteiger partial charge on any atom is -0.389 e. The van der Waals surface area contributed by atoms with Gasteiger partial charge in [-0.15, -0.1) is 0 Å². The maximum Gasteiger partial charge on any atom is 0.120 e. The van der Waals surface area contributed by atoms with Gasteiger partial charge in [0, 0.05) is 25.1 Å². The average molecular weight is 197 g/mol. The number of likely N-dealkylation sites (N-methyl/N-ethyl adjacent to an activating group) is 3. The summed E-state index contributed by atoms with van der Waals surface area (Å²) in [5, 5.41) is 9.69. The maximum atomic E-state index is 10.6. The lowest BCUT2D eigenvalue weighted by Crippen LogP contribution is -2.60. The Morgan fingerprint density at radius 3 is 2.57 bits per heavy atom. The van der Waals surface area contributed by atoms with Crippen molar-refractivity contribution in [2.75, 3.05) is 21.1 Å². The summed E-state index contributed by atoms with van der Waals surface area (Å²) in [7, 11) is 5.72. The highest BCUT2D eigenvalue weighted by molar-refractivity contribution is 5.51. The molecular formula is C10H19N3O. The van der Waals surface area contributed by atoms with Gasteiger partial charge in [0.25, 0.3) is 0 Å². The summed E-state index contributed by atoms with van der Waals surface area (Å²) >= 11 is 0. The van der Waals surface area contributed by atoms with Gasteiger partial charge in [0.2, 0.25) is 0 Å². The Morgan fingerprint density at radius 2 is 2.14 bits per heavy atom. The van der Waals surface area contributed by atoms with Crippen molar-refractivity contribution in [2.24, 2.45) is 5.92 Å². The zero-order valence-corrected chi connectivity index (χ0v) is 9.05. The number of hydrogen-bond acceptors (Lipinski definition) is 4. The summed E-state index contributed by atoms with van der Waals surface area (Å²) < 4.78 is 0. The molecule has 0 aromatic rings. The summed E-state index contributed by atoms with van der Waals surface area (Å²) in [6.07, 6.45) is 4.63. The molecular weight excluding hydrogens is 178 g/mol. The molecule has 3 N–H and O–H groups in total. The first-order valence-electron chi connectivity index (χ1n) is 4.95. The smallest absolute Gasteiger partial charge is 0.120 e. The molecule has 0 aromatic heterocycles. The fourth-order valence-electron chi connectivity index (χ4n) is 2.31. The first-order valence-corrected chi connectivity index (χ1v) is 4.95. The van der Waals surface area contributed by atoms with E-state index < -0.39 is 0 Å². The summed E-state index contributed by atoms with van der Waals surface area (Å²) in [6.45, 7) is 0. The second kappa shape index (κ2) is 4.57. The third-order valence-electron chi connectivity index (χ3n) is 3.08. The molecule has 1 rings (SSSR count).